The molecule has 0 radical (unpaired) electrons. The molecule has 4 aliphatic rings. The number of amides is 2. The van der Waals surface area contributed by atoms with Crippen LogP contribution in [0, 0.1) is 42.4 Å². The van der Waals surface area contributed by atoms with Crippen LogP contribution in [0.2, 0.25) is 0 Å². The fraction of sp³-hybridized carbons (Fsp3) is 0.806. The smallest absolute Gasteiger partial charge is 0.316 e. The third-order valence-electron chi connectivity index (χ3n) is 8.15. The summed E-state index contributed by atoms with van der Waals surface area (Å²) in [5.41, 5.74) is 5.67. The van der Waals surface area contributed by atoms with Crippen LogP contribution < -0.4 is 5.73 Å². The molecule has 2 amide bonds. The molecular formula is C31H51Cl2N3O4. The Morgan fingerprint density at radius 3 is 1.62 bits per heavy atom. The van der Waals surface area contributed by atoms with E-state index in [1.807, 2.05) is 4.90 Å². The maximum atomic E-state index is 12.2. The largest absolute Gasteiger partial charge is 0.378 e. The van der Waals surface area contributed by atoms with Gasteiger partial charge in [0, 0.05) is 38.5 Å². The van der Waals surface area contributed by atoms with Gasteiger partial charge in [0.25, 0.3) is 0 Å². The number of terminal acetylenes is 2. The Balaban J connectivity index is 0.000000324. The van der Waals surface area contributed by atoms with Crippen LogP contribution in [0.5, 0.6) is 0 Å². The molecule has 2 aliphatic heterocycles. The van der Waals surface area contributed by atoms with E-state index in [-0.39, 0.29) is 35.6 Å². The summed E-state index contributed by atoms with van der Waals surface area (Å²) in [5.74, 6) is 7.32. The standard InChI is InChI=1S/C16H25NO2.C10H17N.C5H8ClNO2.ClH/c1-2-14(12-15-6-4-3-5-7-15)13-16(18)17-8-10-19-11-9-17;1-2-10(11)8-9-6-4-3-5-7-9;6-5(8)7-1-3-9-4-2-7;/h1,14-15H,3-13H2;1,9-10H,3-8,11H2;1-4H2;1H/t14-;10-;;/m11../s1. The summed E-state index contributed by atoms with van der Waals surface area (Å²) in [5, 5.41) is -0.377. The average Bonchev–Trinajstić information content (AvgIpc) is 2.99. The summed E-state index contributed by atoms with van der Waals surface area (Å²) < 4.78 is 10.3. The van der Waals surface area contributed by atoms with E-state index in [1.54, 1.807) is 4.90 Å². The summed E-state index contributed by atoms with van der Waals surface area (Å²) in [4.78, 5) is 26.1. The van der Waals surface area contributed by atoms with Gasteiger partial charge in [0.15, 0.2) is 0 Å². The van der Waals surface area contributed by atoms with Gasteiger partial charge in [-0.2, -0.15) is 0 Å². The average molecular weight is 601 g/mol. The minimum absolute atomic E-state index is 0. The molecule has 4 rings (SSSR count). The van der Waals surface area contributed by atoms with Crippen LogP contribution in [-0.4, -0.2) is 79.7 Å². The molecule has 228 valence electrons. The SMILES string of the molecule is C#C[C@@H](CC(=O)N1CCOCC1)CC1CCCCC1.C#C[C@@H](N)CC1CCCCC1.Cl.O=C(Cl)N1CCOCC1. The first-order chi connectivity index (χ1) is 18.9. The zero-order chi connectivity index (χ0) is 28.3. The Kier molecular flexibility index (Phi) is 20.2. The highest BCUT2D eigenvalue weighted by Crippen LogP contribution is 2.30. The van der Waals surface area contributed by atoms with Crippen LogP contribution in [0.3, 0.4) is 0 Å². The molecule has 2 atom stereocenters. The van der Waals surface area contributed by atoms with Crippen molar-refractivity contribution in [2.75, 3.05) is 52.6 Å². The highest BCUT2D eigenvalue weighted by molar-refractivity contribution is 6.62. The molecule has 2 aliphatic carbocycles. The fourth-order valence-corrected chi connectivity index (χ4v) is 5.95. The van der Waals surface area contributed by atoms with Gasteiger partial charge in [-0.3, -0.25) is 9.59 Å². The first kappa shape index (κ1) is 36.5. The summed E-state index contributed by atoms with van der Waals surface area (Å²) in [6.45, 7) is 5.24. The Bertz CT molecular complexity index is 776. The molecule has 2 saturated heterocycles. The van der Waals surface area contributed by atoms with Gasteiger partial charge in [-0.15, -0.1) is 31.2 Å². The van der Waals surface area contributed by atoms with Gasteiger partial charge in [0.2, 0.25) is 5.91 Å². The number of carbonyl (C=O) groups excluding carboxylic acids is 2. The first-order valence-electron chi connectivity index (χ1n) is 15.0. The lowest BCUT2D eigenvalue weighted by Crippen LogP contribution is -2.41. The molecule has 0 aromatic rings. The Morgan fingerprint density at radius 2 is 1.23 bits per heavy atom. The predicted octanol–water partition coefficient (Wildman–Crippen LogP) is 5.47. The van der Waals surface area contributed by atoms with Gasteiger partial charge in [-0.25, -0.2) is 0 Å². The van der Waals surface area contributed by atoms with Gasteiger partial charge in [0.1, 0.15) is 0 Å². The maximum Gasteiger partial charge on any atom is 0.316 e. The van der Waals surface area contributed by atoms with E-state index in [9.17, 15) is 9.59 Å². The van der Waals surface area contributed by atoms with E-state index in [1.165, 1.54) is 64.2 Å². The Hall–Kier alpha value is -1.48. The zero-order valence-electron chi connectivity index (χ0n) is 24.2. The molecule has 9 heteroatoms. The van der Waals surface area contributed by atoms with Crippen molar-refractivity contribution >= 4 is 35.3 Å². The lowest BCUT2D eigenvalue weighted by Gasteiger charge is -2.29. The molecule has 40 heavy (non-hydrogen) atoms. The van der Waals surface area contributed by atoms with Crippen LogP contribution in [0.15, 0.2) is 0 Å². The molecular weight excluding hydrogens is 549 g/mol. The zero-order valence-corrected chi connectivity index (χ0v) is 25.8. The molecule has 0 spiro atoms. The van der Waals surface area contributed by atoms with E-state index in [0.717, 1.165) is 37.8 Å². The fourth-order valence-electron chi connectivity index (χ4n) is 5.78. The molecule has 0 aromatic heterocycles. The van der Waals surface area contributed by atoms with Crippen molar-refractivity contribution in [3.8, 4) is 24.7 Å². The second-order valence-electron chi connectivity index (χ2n) is 11.2. The molecule has 0 bridgehead atoms. The number of hydrogen-bond acceptors (Lipinski definition) is 5. The molecule has 4 fully saturated rings. The van der Waals surface area contributed by atoms with Crippen molar-refractivity contribution < 1.29 is 19.1 Å². The Morgan fingerprint density at radius 1 is 0.775 bits per heavy atom. The quantitative estimate of drug-likeness (QED) is 0.248. The number of nitrogens with zero attached hydrogens (tertiary/aromatic N) is 2. The van der Waals surface area contributed by atoms with Crippen LogP contribution in [0.25, 0.3) is 0 Å². The van der Waals surface area contributed by atoms with Crippen molar-refractivity contribution in [1.29, 1.82) is 0 Å². The third-order valence-corrected chi connectivity index (χ3v) is 8.39. The predicted molar refractivity (Wildman–Crippen MR) is 164 cm³/mol. The lowest BCUT2D eigenvalue weighted by molar-refractivity contribution is -0.136. The van der Waals surface area contributed by atoms with Gasteiger partial charge in [-0.05, 0) is 36.3 Å². The van der Waals surface area contributed by atoms with E-state index >= 15 is 0 Å². The van der Waals surface area contributed by atoms with Gasteiger partial charge >= 0.3 is 5.37 Å². The van der Waals surface area contributed by atoms with Crippen molar-refractivity contribution in [3.63, 3.8) is 0 Å². The third kappa shape index (κ3) is 15.5. The number of hydrogen-bond donors (Lipinski definition) is 1. The lowest BCUT2D eigenvalue weighted by atomic mass is 9.82. The normalized spacial score (nSPS) is 21.5. The van der Waals surface area contributed by atoms with Crippen LogP contribution >= 0.6 is 24.0 Å². The summed E-state index contributed by atoms with van der Waals surface area (Å²) >= 11 is 5.19. The van der Waals surface area contributed by atoms with Crippen LogP contribution in [-0.2, 0) is 14.3 Å². The number of halogens is 2. The highest BCUT2D eigenvalue weighted by Gasteiger charge is 2.23. The molecule has 7 nitrogen and oxygen atoms in total. The molecule has 0 aromatic carbocycles. The van der Waals surface area contributed by atoms with Crippen LogP contribution in [0.4, 0.5) is 4.79 Å². The minimum atomic E-state index is -0.377. The minimum Gasteiger partial charge on any atom is -0.378 e. The molecule has 0 unspecified atom stereocenters. The molecule has 2 N–H and O–H groups in total. The maximum absolute atomic E-state index is 12.2. The number of carbonyl (C=O) groups is 2. The number of nitrogens with two attached hydrogens (primary N) is 1. The van der Waals surface area contributed by atoms with Crippen molar-refractivity contribution in [3.05, 3.63) is 0 Å². The summed E-state index contributed by atoms with van der Waals surface area (Å²) in [6, 6.07) is -0.00176. The van der Waals surface area contributed by atoms with E-state index in [2.05, 4.69) is 11.8 Å². The summed E-state index contributed by atoms with van der Waals surface area (Å²) in [6.07, 6.45) is 26.9. The van der Waals surface area contributed by atoms with E-state index in [0.29, 0.717) is 45.9 Å². The van der Waals surface area contributed by atoms with E-state index in [4.69, 9.17) is 39.7 Å². The van der Waals surface area contributed by atoms with E-state index < -0.39 is 0 Å². The van der Waals surface area contributed by atoms with Gasteiger partial charge < -0.3 is 25.0 Å². The first-order valence-corrected chi connectivity index (χ1v) is 15.4. The summed E-state index contributed by atoms with van der Waals surface area (Å²) in [7, 11) is 0. The topological polar surface area (TPSA) is 85.1 Å². The van der Waals surface area contributed by atoms with Crippen molar-refractivity contribution in [2.45, 2.75) is 89.5 Å². The number of rotatable bonds is 6. The van der Waals surface area contributed by atoms with Crippen molar-refractivity contribution in [2.24, 2.45) is 23.5 Å². The Labute approximate surface area is 254 Å². The van der Waals surface area contributed by atoms with Gasteiger partial charge in [-0.1, -0.05) is 70.1 Å². The number of morpholine rings is 2. The second kappa shape index (κ2) is 22.2. The highest BCUT2D eigenvalue weighted by atomic mass is 35.5. The molecule has 2 saturated carbocycles. The number of ether oxygens (including phenoxy) is 2. The van der Waals surface area contributed by atoms with Crippen LogP contribution in [0.1, 0.15) is 83.5 Å². The molecule has 2 heterocycles. The monoisotopic (exact) mass is 599 g/mol. The second-order valence-corrected chi connectivity index (χ2v) is 11.5. The van der Waals surface area contributed by atoms with Crippen molar-refractivity contribution in [1.82, 2.24) is 9.80 Å². The van der Waals surface area contributed by atoms with Gasteiger partial charge in [0.05, 0.1) is 32.5 Å².